The first-order valence-corrected chi connectivity index (χ1v) is 9.14. The predicted molar refractivity (Wildman–Crippen MR) is 110 cm³/mol. The van der Waals surface area contributed by atoms with Crippen molar-refractivity contribution in [1.82, 2.24) is 10.2 Å². The highest BCUT2D eigenvalue weighted by Crippen LogP contribution is 2.38. The number of hydrogen-bond donors (Lipinski definition) is 4. The molecule has 0 aliphatic rings. The van der Waals surface area contributed by atoms with Crippen LogP contribution in [-0.4, -0.2) is 15.3 Å². The number of nitrogen functional groups attached to an aromatic ring is 1. The molecule has 0 atom stereocenters. The van der Waals surface area contributed by atoms with Gasteiger partial charge in [0, 0.05) is 10.0 Å². The van der Waals surface area contributed by atoms with Gasteiger partial charge in [0.15, 0.2) is 0 Å². The molecule has 25 heavy (non-hydrogen) atoms. The number of benzene rings is 2. The Balaban J connectivity index is 0.000000208. The van der Waals surface area contributed by atoms with Gasteiger partial charge in [0.1, 0.15) is 5.75 Å². The lowest BCUT2D eigenvalue weighted by Crippen LogP contribution is -2.17. The number of aromatic nitrogens is 2. The third kappa shape index (κ3) is 4.60. The summed E-state index contributed by atoms with van der Waals surface area (Å²) in [5.41, 5.74) is 10.7. The molecule has 5 heteroatoms. The Bertz CT molecular complexity index is 863. The molecule has 0 aliphatic carbocycles. The minimum absolute atomic E-state index is 0.0435. The van der Waals surface area contributed by atoms with E-state index in [0.717, 1.165) is 21.1 Å². The second-order valence-corrected chi connectivity index (χ2v) is 9.32. The third-order valence-corrected chi connectivity index (χ3v) is 4.62. The summed E-state index contributed by atoms with van der Waals surface area (Å²) in [6, 6.07) is 9.99. The van der Waals surface area contributed by atoms with Crippen molar-refractivity contribution in [2.24, 2.45) is 0 Å². The molecule has 5 N–H and O–H groups in total. The van der Waals surface area contributed by atoms with E-state index in [9.17, 15) is 5.11 Å². The van der Waals surface area contributed by atoms with E-state index in [1.807, 2.05) is 24.3 Å². The summed E-state index contributed by atoms with van der Waals surface area (Å²) in [5, 5.41) is 15.9. The monoisotopic (exact) mass is 405 g/mol. The Morgan fingerprint density at radius 1 is 0.880 bits per heavy atom. The van der Waals surface area contributed by atoms with Crippen molar-refractivity contribution in [3.63, 3.8) is 0 Å². The smallest absolute Gasteiger partial charge is 0.142 e. The Morgan fingerprint density at radius 2 is 1.48 bits per heavy atom. The maximum Gasteiger partial charge on any atom is 0.142 e. The molecule has 0 saturated carbocycles. The highest BCUT2D eigenvalue weighted by Gasteiger charge is 2.23. The first kappa shape index (κ1) is 19.4. The van der Waals surface area contributed by atoms with E-state index in [4.69, 9.17) is 5.73 Å². The van der Waals surface area contributed by atoms with Crippen LogP contribution in [0.2, 0.25) is 0 Å². The largest absolute Gasteiger partial charge is 0.505 e. The molecule has 0 spiro atoms. The van der Waals surface area contributed by atoms with Crippen molar-refractivity contribution in [3.05, 3.63) is 45.9 Å². The molecule has 1 heterocycles. The van der Waals surface area contributed by atoms with E-state index in [-0.39, 0.29) is 16.6 Å². The first-order chi connectivity index (χ1) is 11.4. The van der Waals surface area contributed by atoms with E-state index >= 15 is 0 Å². The van der Waals surface area contributed by atoms with E-state index in [2.05, 4.69) is 73.7 Å². The molecule has 0 radical (unpaired) electrons. The highest BCUT2D eigenvalue weighted by molar-refractivity contribution is 9.10. The van der Waals surface area contributed by atoms with Crippen LogP contribution in [-0.2, 0) is 10.8 Å². The Labute approximate surface area is 157 Å². The van der Waals surface area contributed by atoms with Gasteiger partial charge in [-0.15, -0.1) is 0 Å². The summed E-state index contributed by atoms with van der Waals surface area (Å²) in [6.45, 7) is 12.7. The zero-order valence-corrected chi connectivity index (χ0v) is 17.4. The van der Waals surface area contributed by atoms with Gasteiger partial charge in [0.05, 0.1) is 16.7 Å². The molecule has 4 nitrogen and oxygen atoms in total. The topological polar surface area (TPSA) is 77.8 Å². The number of aromatic hydroxyl groups is 1. The van der Waals surface area contributed by atoms with Gasteiger partial charge in [-0.25, -0.2) is 0 Å². The lowest BCUT2D eigenvalue weighted by atomic mass is 9.80. The summed E-state index contributed by atoms with van der Waals surface area (Å²) in [4.78, 5) is 0. The van der Waals surface area contributed by atoms with Crippen molar-refractivity contribution in [3.8, 4) is 5.75 Å². The van der Waals surface area contributed by atoms with Crippen molar-refractivity contribution < 1.29 is 5.11 Å². The molecule has 0 fully saturated rings. The van der Waals surface area contributed by atoms with Gasteiger partial charge in [0.25, 0.3) is 0 Å². The van der Waals surface area contributed by atoms with Crippen molar-refractivity contribution >= 4 is 32.7 Å². The Hall–Kier alpha value is -1.88. The van der Waals surface area contributed by atoms with Gasteiger partial charge in [0.2, 0.25) is 0 Å². The second-order valence-electron chi connectivity index (χ2n) is 8.40. The highest BCUT2D eigenvalue weighted by atomic mass is 79.9. The molecule has 0 saturated heterocycles. The van der Waals surface area contributed by atoms with Crippen LogP contribution < -0.4 is 5.73 Å². The van der Waals surface area contributed by atoms with Crippen molar-refractivity contribution in [2.75, 3.05) is 5.73 Å². The van der Waals surface area contributed by atoms with Gasteiger partial charge < -0.3 is 10.8 Å². The lowest BCUT2D eigenvalue weighted by Gasteiger charge is -2.26. The number of H-pyrrole nitrogens is 2. The van der Waals surface area contributed by atoms with Gasteiger partial charge in [-0.05, 0) is 40.7 Å². The molecule has 3 rings (SSSR count). The van der Waals surface area contributed by atoms with Crippen LogP contribution in [0.25, 0.3) is 11.0 Å². The fraction of sp³-hybridized carbons (Fsp3) is 0.400. The number of nitrogens with one attached hydrogen (secondary N) is 2. The molecule has 136 valence electrons. The summed E-state index contributed by atoms with van der Waals surface area (Å²) < 4.78 is 1.11. The zero-order chi connectivity index (χ0) is 19.0. The first-order valence-electron chi connectivity index (χ1n) is 8.34. The molecule has 2 aromatic carbocycles. The van der Waals surface area contributed by atoms with E-state index in [0.29, 0.717) is 5.69 Å². The van der Waals surface area contributed by atoms with Gasteiger partial charge in [-0.2, -0.15) is 0 Å². The van der Waals surface area contributed by atoms with Crippen LogP contribution in [0, 0.1) is 0 Å². The normalized spacial score (nSPS) is 12.1. The maximum absolute atomic E-state index is 10.00. The van der Waals surface area contributed by atoms with Crippen molar-refractivity contribution in [1.29, 1.82) is 0 Å². The summed E-state index contributed by atoms with van der Waals surface area (Å²) >= 11 is 3.36. The van der Waals surface area contributed by atoms with Crippen molar-refractivity contribution in [2.45, 2.75) is 52.4 Å². The third-order valence-electron chi connectivity index (χ3n) is 4.13. The molecule has 0 aliphatic heterocycles. The summed E-state index contributed by atoms with van der Waals surface area (Å²) in [7, 11) is 0. The van der Waals surface area contributed by atoms with E-state index in [1.54, 1.807) is 0 Å². The molecule has 3 aromatic rings. The lowest BCUT2D eigenvalue weighted by molar-refractivity contribution is 0.447. The van der Waals surface area contributed by atoms with Crippen LogP contribution in [0.4, 0.5) is 5.69 Å². The van der Waals surface area contributed by atoms with Crippen LogP contribution in [0.3, 0.4) is 0 Å². The fourth-order valence-corrected chi connectivity index (χ4v) is 2.82. The maximum atomic E-state index is 10.00. The minimum Gasteiger partial charge on any atom is -0.505 e. The second kappa shape index (κ2) is 6.79. The number of nitrogens with two attached hydrogens (primary N) is 1. The number of halogens is 1. The fourth-order valence-electron chi connectivity index (χ4n) is 2.46. The molecule has 0 unspecified atom stereocenters. The van der Waals surface area contributed by atoms with Crippen LogP contribution in [0.5, 0.6) is 5.75 Å². The standard InChI is InChI=1S/C14H23NO.C6H5BrN2/c1-13(2,3)9-7-10(14(4,5)6)12(16)11(15)8-9;7-4-1-2-5-6(3-4)9-8-5/h7-8,16H,15H2,1-6H3;1-3,8-9H. The Kier molecular flexibility index (Phi) is 5.28. The van der Waals surface area contributed by atoms with Crippen LogP contribution >= 0.6 is 15.9 Å². The Morgan fingerprint density at radius 3 is 1.88 bits per heavy atom. The molecule has 1 aromatic heterocycles. The number of phenols is 1. The van der Waals surface area contributed by atoms with E-state index < -0.39 is 0 Å². The number of aromatic amines is 2. The van der Waals surface area contributed by atoms with Crippen LogP contribution in [0.15, 0.2) is 34.8 Å². The number of phenolic OH excluding ortho intramolecular Hbond substituents is 1. The number of anilines is 1. The van der Waals surface area contributed by atoms with Gasteiger partial charge >= 0.3 is 0 Å². The quantitative estimate of drug-likeness (QED) is 0.280. The molecular weight excluding hydrogens is 378 g/mol. The SMILES string of the molecule is Brc1ccc2[nH][nH]c2c1.CC(C)(C)c1cc(N)c(O)c(C(C)(C)C)c1. The molecular formula is C20H28BrN3O. The number of rotatable bonds is 0. The molecule has 0 amide bonds. The number of fused-ring (bicyclic) bond motifs is 1. The molecule has 0 bridgehead atoms. The average molecular weight is 406 g/mol. The zero-order valence-electron chi connectivity index (χ0n) is 15.8. The van der Waals surface area contributed by atoms with E-state index in [1.165, 1.54) is 5.52 Å². The van der Waals surface area contributed by atoms with Gasteiger partial charge in [-0.3, -0.25) is 10.2 Å². The summed E-state index contributed by atoms with van der Waals surface area (Å²) in [6.07, 6.45) is 0. The summed E-state index contributed by atoms with van der Waals surface area (Å²) in [5.74, 6) is 0.223. The number of hydrogen-bond acceptors (Lipinski definition) is 2. The average Bonchev–Trinajstić information content (AvgIpc) is 2.43. The minimum atomic E-state index is -0.0978. The van der Waals surface area contributed by atoms with Crippen LogP contribution in [0.1, 0.15) is 52.7 Å². The van der Waals surface area contributed by atoms with Gasteiger partial charge in [-0.1, -0.05) is 63.5 Å². The predicted octanol–water partition coefficient (Wildman–Crippen LogP) is 5.83.